The van der Waals surface area contributed by atoms with E-state index in [0.717, 1.165) is 25.2 Å². The molecule has 0 bridgehead atoms. The minimum Gasteiger partial charge on any atom is -0.503 e. The molecule has 2 heterocycles. The minimum atomic E-state index is -0.741. The van der Waals surface area contributed by atoms with Crippen molar-refractivity contribution in [2.75, 3.05) is 52.6 Å². The average molecular weight is 521 g/mol. The highest BCUT2D eigenvalue weighted by molar-refractivity contribution is 6.14. The van der Waals surface area contributed by atoms with Gasteiger partial charge in [0.05, 0.1) is 38.0 Å². The van der Waals surface area contributed by atoms with Crippen molar-refractivity contribution < 1.29 is 28.9 Å². The molecule has 1 amide bonds. The number of aliphatic hydroxyl groups is 1. The van der Waals surface area contributed by atoms with Gasteiger partial charge in [0.2, 0.25) is 0 Å². The van der Waals surface area contributed by atoms with Crippen LogP contribution in [0.3, 0.4) is 0 Å². The molecule has 4 rings (SSSR count). The van der Waals surface area contributed by atoms with Crippen LogP contribution in [-0.2, 0) is 14.3 Å². The lowest BCUT2D eigenvalue weighted by Crippen LogP contribution is -2.39. The van der Waals surface area contributed by atoms with Gasteiger partial charge in [0.25, 0.3) is 5.91 Å². The number of benzene rings is 2. The van der Waals surface area contributed by atoms with Crippen LogP contribution >= 0.6 is 0 Å². The van der Waals surface area contributed by atoms with E-state index in [4.69, 9.17) is 14.2 Å². The molecule has 2 aliphatic heterocycles. The second-order valence-corrected chi connectivity index (χ2v) is 9.15. The molecule has 2 aromatic carbocycles. The molecule has 2 aromatic rings. The number of hydrogen-bond donors (Lipinski definition) is 1. The van der Waals surface area contributed by atoms with Crippen LogP contribution in [0.2, 0.25) is 0 Å². The molecule has 0 saturated carbocycles. The van der Waals surface area contributed by atoms with E-state index in [1.165, 1.54) is 6.08 Å². The summed E-state index contributed by atoms with van der Waals surface area (Å²) in [5.74, 6) is -0.333. The van der Waals surface area contributed by atoms with Gasteiger partial charge >= 0.3 is 0 Å². The number of ketones is 1. The lowest BCUT2D eigenvalue weighted by Gasteiger charge is -2.30. The fourth-order valence-electron chi connectivity index (χ4n) is 4.84. The summed E-state index contributed by atoms with van der Waals surface area (Å²) in [6.45, 7) is 8.98. The maximum Gasteiger partial charge on any atom is 0.290 e. The standard InChI is InChI=1S/C30H36N2O6/c1-3-37-25-14-12-23(21-26(25)38-4-2)28-27(24(33)13-11-22-9-6-5-7-10-22)29(34)30(35)32(28)16-8-15-31-17-19-36-20-18-31/h5-7,9-14,21,28,34H,3-4,8,15-20H2,1-2H3/b13-11+/t28-/m0/s1. The summed E-state index contributed by atoms with van der Waals surface area (Å²) < 4.78 is 17.0. The number of morpholine rings is 1. The van der Waals surface area contributed by atoms with E-state index in [9.17, 15) is 14.7 Å². The number of allylic oxidation sites excluding steroid dienone is 1. The Labute approximate surface area is 224 Å². The smallest absolute Gasteiger partial charge is 0.290 e. The highest BCUT2D eigenvalue weighted by Gasteiger charge is 2.43. The lowest BCUT2D eigenvalue weighted by molar-refractivity contribution is -0.129. The molecule has 1 saturated heterocycles. The fourth-order valence-corrected chi connectivity index (χ4v) is 4.84. The zero-order chi connectivity index (χ0) is 26.9. The number of amides is 1. The highest BCUT2D eigenvalue weighted by atomic mass is 16.5. The monoisotopic (exact) mass is 520 g/mol. The van der Waals surface area contributed by atoms with Crippen molar-refractivity contribution in [1.82, 2.24) is 9.80 Å². The van der Waals surface area contributed by atoms with Gasteiger partial charge < -0.3 is 24.2 Å². The van der Waals surface area contributed by atoms with Crippen LogP contribution in [0.15, 0.2) is 65.9 Å². The van der Waals surface area contributed by atoms with Gasteiger partial charge in [0.1, 0.15) is 0 Å². The maximum atomic E-state index is 13.4. The largest absolute Gasteiger partial charge is 0.503 e. The van der Waals surface area contributed by atoms with E-state index in [1.54, 1.807) is 23.1 Å². The molecule has 8 nitrogen and oxygen atoms in total. The maximum absolute atomic E-state index is 13.4. The van der Waals surface area contributed by atoms with Crippen LogP contribution in [0.4, 0.5) is 0 Å². The van der Waals surface area contributed by atoms with E-state index in [2.05, 4.69) is 4.90 Å². The fraction of sp³-hybridized carbons (Fsp3) is 0.400. The van der Waals surface area contributed by atoms with Crippen LogP contribution < -0.4 is 9.47 Å². The van der Waals surface area contributed by atoms with Crippen molar-refractivity contribution >= 4 is 17.8 Å². The first-order valence-electron chi connectivity index (χ1n) is 13.2. The average Bonchev–Trinajstić information content (AvgIpc) is 3.19. The summed E-state index contributed by atoms with van der Waals surface area (Å²) >= 11 is 0. The van der Waals surface area contributed by atoms with Gasteiger partial charge in [-0.25, -0.2) is 0 Å². The number of hydrogen-bond acceptors (Lipinski definition) is 7. The van der Waals surface area contributed by atoms with Gasteiger partial charge in [-0.1, -0.05) is 42.5 Å². The van der Waals surface area contributed by atoms with Crippen LogP contribution in [-0.4, -0.2) is 79.2 Å². The normalized spacial score (nSPS) is 18.4. The molecular formula is C30H36N2O6. The third-order valence-electron chi connectivity index (χ3n) is 6.66. The molecule has 0 spiro atoms. The van der Waals surface area contributed by atoms with Crippen molar-refractivity contribution in [3.8, 4) is 11.5 Å². The number of carbonyl (C=O) groups excluding carboxylic acids is 2. The molecule has 0 radical (unpaired) electrons. The number of rotatable bonds is 12. The van der Waals surface area contributed by atoms with E-state index >= 15 is 0 Å². The summed E-state index contributed by atoms with van der Waals surface area (Å²) in [6.07, 6.45) is 3.80. The van der Waals surface area contributed by atoms with Gasteiger partial charge in [0.15, 0.2) is 23.0 Å². The Kier molecular flexibility index (Phi) is 9.56. The molecule has 202 valence electrons. The molecular weight excluding hydrogens is 484 g/mol. The summed E-state index contributed by atoms with van der Waals surface area (Å²) in [7, 11) is 0. The second kappa shape index (κ2) is 13.3. The summed E-state index contributed by atoms with van der Waals surface area (Å²) in [6, 6.07) is 14.1. The van der Waals surface area contributed by atoms with Gasteiger partial charge in [-0.3, -0.25) is 14.5 Å². The summed E-state index contributed by atoms with van der Waals surface area (Å²) in [5, 5.41) is 10.9. The molecule has 0 aliphatic carbocycles. The number of ether oxygens (including phenoxy) is 3. The van der Waals surface area contributed by atoms with Crippen LogP contribution in [0.1, 0.15) is 37.4 Å². The predicted octanol–water partition coefficient (Wildman–Crippen LogP) is 4.18. The first-order chi connectivity index (χ1) is 18.5. The van der Waals surface area contributed by atoms with Crippen LogP contribution in [0, 0.1) is 0 Å². The van der Waals surface area contributed by atoms with Crippen LogP contribution in [0.25, 0.3) is 6.08 Å². The Hall–Kier alpha value is -3.62. The van der Waals surface area contributed by atoms with E-state index in [1.807, 2.05) is 50.2 Å². The number of carbonyl (C=O) groups is 2. The van der Waals surface area contributed by atoms with Gasteiger partial charge in [0, 0.05) is 26.2 Å². The van der Waals surface area contributed by atoms with Gasteiger partial charge in [-0.15, -0.1) is 0 Å². The van der Waals surface area contributed by atoms with Gasteiger partial charge in [-0.2, -0.15) is 0 Å². The van der Waals surface area contributed by atoms with Crippen molar-refractivity contribution in [2.45, 2.75) is 26.3 Å². The first kappa shape index (κ1) is 27.4. The quantitative estimate of drug-likeness (QED) is 0.420. The van der Waals surface area contributed by atoms with Crippen molar-refractivity contribution in [2.24, 2.45) is 0 Å². The van der Waals surface area contributed by atoms with E-state index in [0.29, 0.717) is 56.5 Å². The zero-order valence-electron chi connectivity index (χ0n) is 22.1. The Morgan fingerprint density at radius 1 is 1.03 bits per heavy atom. The third kappa shape index (κ3) is 6.44. The summed E-state index contributed by atoms with van der Waals surface area (Å²) in [4.78, 5) is 30.6. The SMILES string of the molecule is CCOc1ccc([C@H]2C(C(=O)/C=C/c3ccccc3)=C(O)C(=O)N2CCCN2CCOCC2)cc1OCC. The minimum absolute atomic E-state index is 0.0696. The molecule has 1 fully saturated rings. The topological polar surface area (TPSA) is 88.5 Å². The second-order valence-electron chi connectivity index (χ2n) is 9.15. The van der Waals surface area contributed by atoms with Gasteiger partial charge in [-0.05, 0) is 49.6 Å². The van der Waals surface area contributed by atoms with Crippen molar-refractivity contribution in [1.29, 1.82) is 0 Å². The highest BCUT2D eigenvalue weighted by Crippen LogP contribution is 2.41. The first-order valence-corrected chi connectivity index (χ1v) is 13.2. The Bertz CT molecular complexity index is 1170. The molecule has 2 aliphatic rings. The Morgan fingerprint density at radius 3 is 2.45 bits per heavy atom. The molecule has 8 heteroatoms. The molecule has 0 unspecified atom stereocenters. The Morgan fingerprint density at radius 2 is 1.74 bits per heavy atom. The number of aliphatic hydroxyl groups excluding tert-OH is 1. The van der Waals surface area contributed by atoms with Crippen LogP contribution in [0.5, 0.6) is 11.5 Å². The molecule has 1 N–H and O–H groups in total. The van der Waals surface area contributed by atoms with E-state index in [-0.39, 0.29) is 5.57 Å². The molecule has 38 heavy (non-hydrogen) atoms. The lowest BCUT2D eigenvalue weighted by atomic mass is 9.95. The van der Waals surface area contributed by atoms with Crippen molar-refractivity contribution in [3.05, 3.63) is 77.1 Å². The molecule has 0 aromatic heterocycles. The third-order valence-corrected chi connectivity index (χ3v) is 6.66. The zero-order valence-corrected chi connectivity index (χ0v) is 22.1. The summed E-state index contributed by atoms with van der Waals surface area (Å²) in [5.41, 5.74) is 1.60. The number of nitrogens with zero attached hydrogens (tertiary/aromatic N) is 2. The molecule has 1 atom stereocenters. The predicted molar refractivity (Wildman–Crippen MR) is 145 cm³/mol. The van der Waals surface area contributed by atoms with E-state index < -0.39 is 23.5 Å². The van der Waals surface area contributed by atoms with Crippen molar-refractivity contribution in [3.63, 3.8) is 0 Å². The Balaban J connectivity index is 1.64.